The molecule has 0 aliphatic carbocycles. The van der Waals surface area contributed by atoms with Gasteiger partial charge in [-0.1, -0.05) is 0 Å². The summed E-state index contributed by atoms with van der Waals surface area (Å²) >= 11 is 1.37. The second-order valence-corrected chi connectivity index (χ2v) is 7.78. The average molecular weight is 385 g/mol. The van der Waals surface area contributed by atoms with Gasteiger partial charge >= 0.3 is 5.97 Å². The maximum absolute atomic E-state index is 13.7. The third-order valence-corrected chi connectivity index (χ3v) is 4.97. The lowest BCUT2D eigenvalue weighted by Gasteiger charge is -2.19. The Hall–Kier alpha value is -1.26. The maximum atomic E-state index is 13.7. The van der Waals surface area contributed by atoms with Crippen LogP contribution in [0.25, 0.3) is 0 Å². The van der Waals surface area contributed by atoms with Crippen molar-refractivity contribution in [1.82, 2.24) is 4.72 Å². The van der Waals surface area contributed by atoms with E-state index < -0.39 is 50.5 Å². The number of sulfonamides is 1. The second-order valence-electron chi connectivity index (χ2n) is 5.11. The predicted octanol–water partition coefficient (Wildman–Crippen LogP) is 2.46. The van der Waals surface area contributed by atoms with E-state index in [2.05, 4.69) is 0 Å². The molecule has 0 saturated heterocycles. The van der Waals surface area contributed by atoms with E-state index in [-0.39, 0.29) is 6.42 Å². The molecule has 10 heteroatoms. The van der Waals surface area contributed by atoms with Gasteiger partial charge in [-0.3, -0.25) is 4.79 Å². The molecular formula is C14H18F3NO4S2. The third kappa shape index (κ3) is 5.38. The highest BCUT2D eigenvalue weighted by Crippen LogP contribution is 2.20. The Morgan fingerprint density at radius 3 is 2.42 bits per heavy atom. The maximum Gasteiger partial charge on any atom is 0.324 e. The quantitative estimate of drug-likeness (QED) is 0.550. The lowest BCUT2D eigenvalue weighted by atomic mass is 10.2. The normalized spacial score (nSPS) is 13.1. The summed E-state index contributed by atoms with van der Waals surface area (Å²) in [5.41, 5.74) is 0. The third-order valence-electron chi connectivity index (χ3n) is 2.83. The number of carbonyl (C=O) groups is 1. The van der Waals surface area contributed by atoms with Crippen LogP contribution in [0.15, 0.2) is 17.0 Å². The van der Waals surface area contributed by atoms with Crippen LogP contribution in [0.4, 0.5) is 13.2 Å². The van der Waals surface area contributed by atoms with Crippen LogP contribution < -0.4 is 4.72 Å². The number of carbonyl (C=O) groups excluding carboxylic acids is 1. The summed E-state index contributed by atoms with van der Waals surface area (Å²) in [4.78, 5) is 10.9. The van der Waals surface area contributed by atoms with Gasteiger partial charge in [0.1, 0.15) is 10.9 Å². The number of esters is 1. The van der Waals surface area contributed by atoms with Crippen molar-refractivity contribution in [3.8, 4) is 0 Å². The molecule has 0 radical (unpaired) electrons. The van der Waals surface area contributed by atoms with Crippen molar-refractivity contribution >= 4 is 27.8 Å². The molecule has 0 aromatic heterocycles. The Labute approximate surface area is 143 Å². The van der Waals surface area contributed by atoms with Crippen molar-refractivity contribution in [1.29, 1.82) is 0 Å². The van der Waals surface area contributed by atoms with Gasteiger partial charge in [0.05, 0.1) is 6.10 Å². The summed E-state index contributed by atoms with van der Waals surface area (Å²) in [7, 11) is -4.58. The largest absolute Gasteiger partial charge is 0.462 e. The van der Waals surface area contributed by atoms with Gasteiger partial charge in [0.25, 0.3) is 0 Å². The molecule has 5 nitrogen and oxygen atoms in total. The fourth-order valence-electron chi connectivity index (χ4n) is 1.74. The molecule has 1 rings (SSSR count). The van der Waals surface area contributed by atoms with E-state index in [9.17, 15) is 26.4 Å². The van der Waals surface area contributed by atoms with Crippen LogP contribution in [0, 0.1) is 17.5 Å². The smallest absolute Gasteiger partial charge is 0.324 e. The van der Waals surface area contributed by atoms with Gasteiger partial charge in [-0.15, -0.1) is 0 Å². The zero-order valence-electron chi connectivity index (χ0n) is 13.3. The van der Waals surface area contributed by atoms with Crippen LogP contribution in [0.2, 0.25) is 0 Å². The first-order valence-electron chi connectivity index (χ1n) is 6.95. The Kier molecular flexibility index (Phi) is 7.56. The monoisotopic (exact) mass is 385 g/mol. The summed E-state index contributed by atoms with van der Waals surface area (Å²) in [5, 5.41) is 0. The summed E-state index contributed by atoms with van der Waals surface area (Å²) < 4.78 is 71.3. The number of hydrogen-bond acceptors (Lipinski definition) is 5. The molecule has 1 N–H and O–H groups in total. The number of thioether (sulfide) groups is 1. The van der Waals surface area contributed by atoms with Gasteiger partial charge in [-0.05, 0) is 44.4 Å². The van der Waals surface area contributed by atoms with Gasteiger partial charge in [0.15, 0.2) is 17.5 Å². The van der Waals surface area contributed by atoms with Crippen LogP contribution in [0.3, 0.4) is 0 Å². The molecule has 0 aliphatic heterocycles. The molecular weight excluding hydrogens is 367 g/mol. The summed E-state index contributed by atoms with van der Waals surface area (Å²) in [6.07, 6.45) is 1.38. The number of rotatable bonds is 8. The first kappa shape index (κ1) is 20.8. The Bertz CT molecular complexity index is 696. The highest BCUT2D eigenvalue weighted by atomic mass is 32.2. The van der Waals surface area contributed by atoms with Crippen LogP contribution in [0.5, 0.6) is 0 Å². The van der Waals surface area contributed by atoms with E-state index in [1.165, 1.54) is 11.8 Å². The van der Waals surface area contributed by atoms with Gasteiger partial charge < -0.3 is 4.74 Å². The van der Waals surface area contributed by atoms with E-state index in [0.29, 0.717) is 17.9 Å². The number of ether oxygens (including phenoxy) is 1. The highest BCUT2D eigenvalue weighted by Gasteiger charge is 2.30. The Morgan fingerprint density at radius 1 is 1.25 bits per heavy atom. The van der Waals surface area contributed by atoms with Gasteiger partial charge in [0.2, 0.25) is 10.0 Å². The van der Waals surface area contributed by atoms with Crippen LogP contribution in [-0.4, -0.2) is 38.5 Å². The minimum atomic E-state index is -4.58. The predicted molar refractivity (Wildman–Crippen MR) is 84.7 cm³/mol. The molecule has 1 unspecified atom stereocenters. The molecule has 0 saturated carbocycles. The van der Waals surface area contributed by atoms with Crippen molar-refractivity contribution < 1.29 is 31.1 Å². The topological polar surface area (TPSA) is 72.5 Å². The van der Waals surface area contributed by atoms with Crippen molar-refractivity contribution in [2.45, 2.75) is 37.3 Å². The molecule has 0 spiro atoms. The number of halogens is 3. The number of hydrogen-bond donors (Lipinski definition) is 1. The minimum Gasteiger partial charge on any atom is -0.462 e. The fourth-order valence-corrected chi connectivity index (χ4v) is 3.50. The lowest BCUT2D eigenvalue weighted by molar-refractivity contribution is -0.149. The molecule has 0 aliphatic rings. The van der Waals surface area contributed by atoms with Crippen LogP contribution in [0.1, 0.15) is 20.3 Å². The molecule has 0 fully saturated rings. The van der Waals surface area contributed by atoms with Crippen molar-refractivity contribution in [2.75, 3.05) is 12.0 Å². The van der Waals surface area contributed by atoms with E-state index in [1.54, 1.807) is 20.1 Å². The molecule has 0 amide bonds. The van der Waals surface area contributed by atoms with E-state index in [0.717, 1.165) is 0 Å². The van der Waals surface area contributed by atoms with Gasteiger partial charge in [-0.25, -0.2) is 21.6 Å². The first-order chi connectivity index (χ1) is 11.1. The molecule has 1 aromatic carbocycles. The van der Waals surface area contributed by atoms with E-state index in [1.807, 2.05) is 4.72 Å². The SMILES string of the molecule is CSCCC(NS(=O)(=O)c1ccc(F)c(F)c1F)C(=O)OC(C)C. The standard InChI is InChI=1S/C14H18F3NO4S2/c1-8(2)22-14(19)10(6-7-23-3)18-24(20,21)11-5-4-9(15)12(16)13(11)17/h4-5,8,10,18H,6-7H2,1-3H3. The summed E-state index contributed by atoms with van der Waals surface area (Å²) in [6, 6.07) is -0.177. The minimum absolute atomic E-state index is 0.0945. The van der Waals surface area contributed by atoms with Crippen molar-refractivity contribution in [2.24, 2.45) is 0 Å². The summed E-state index contributed by atoms with van der Waals surface area (Å²) in [6.45, 7) is 3.18. The zero-order valence-corrected chi connectivity index (χ0v) is 14.9. The molecule has 136 valence electrons. The highest BCUT2D eigenvalue weighted by molar-refractivity contribution is 7.98. The molecule has 0 heterocycles. The Balaban J connectivity index is 3.11. The lowest BCUT2D eigenvalue weighted by Crippen LogP contribution is -2.43. The molecule has 0 bridgehead atoms. The molecule has 1 atom stereocenters. The second kappa shape index (κ2) is 8.72. The van der Waals surface area contributed by atoms with Crippen molar-refractivity contribution in [3.63, 3.8) is 0 Å². The first-order valence-corrected chi connectivity index (χ1v) is 9.83. The average Bonchev–Trinajstić information content (AvgIpc) is 2.48. The number of benzene rings is 1. The van der Waals surface area contributed by atoms with Gasteiger partial charge in [0, 0.05) is 0 Å². The van der Waals surface area contributed by atoms with E-state index in [4.69, 9.17) is 4.74 Å². The Morgan fingerprint density at radius 2 is 1.88 bits per heavy atom. The fraction of sp³-hybridized carbons (Fsp3) is 0.500. The van der Waals surface area contributed by atoms with Gasteiger partial charge in [-0.2, -0.15) is 16.5 Å². The molecule has 24 heavy (non-hydrogen) atoms. The van der Waals surface area contributed by atoms with Crippen LogP contribution in [-0.2, 0) is 19.6 Å². The number of nitrogens with one attached hydrogen (secondary N) is 1. The van der Waals surface area contributed by atoms with E-state index >= 15 is 0 Å². The van der Waals surface area contributed by atoms with Crippen LogP contribution >= 0.6 is 11.8 Å². The molecule has 1 aromatic rings. The summed E-state index contributed by atoms with van der Waals surface area (Å²) in [5.74, 6) is -5.65. The zero-order chi connectivity index (χ0) is 18.5. The van der Waals surface area contributed by atoms with Crippen molar-refractivity contribution in [3.05, 3.63) is 29.6 Å².